The molecular weight excluding hydrogens is 530 g/mol. The minimum absolute atomic E-state index is 0.0503. The molecule has 0 fully saturated rings. The Morgan fingerprint density at radius 3 is 2.31 bits per heavy atom. The van der Waals surface area contributed by atoms with Crippen molar-refractivity contribution in [2.24, 2.45) is 4.99 Å². The number of aromatic carboxylic acids is 1. The molecule has 3 aromatic carbocycles. The fourth-order valence-corrected chi connectivity index (χ4v) is 4.61. The molecule has 0 spiro atoms. The first kappa shape index (κ1) is 26.8. The molecule has 1 heterocycles. The summed E-state index contributed by atoms with van der Waals surface area (Å²) in [5.74, 6) is -2.92. The normalized spacial score (nSPS) is 14.3. The van der Waals surface area contributed by atoms with Gasteiger partial charge >= 0.3 is 5.97 Å². The Morgan fingerprint density at radius 2 is 1.72 bits per heavy atom. The molecule has 3 N–H and O–H groups in total. The lowest BCUT2D eigenvalue weighted by Gasteiger charge is -2.19. The van der Waals surface area contributed by atoms with Gasteiger partial charge in [-0.25, -0.2) is 23.2 Å². The van der Waals surface area contributed by atoms with Crippen molar-refractivity contribution in [3.05, 3.63) is 105 Å². The van der Waals surface area contributed by atoms with Gasteiger partial charge in [-0.2, -0.15) is 0 Å². The van der Waals surface area contributed by atoms with Crippen LogP contribution >= 0.6 is 0 Å². The van der Waals surface area contributed by atoms with Crippen LogP contribution in [0, 0.1) is 10.1 Å². The van der Waals surface area contributed by atoms with Crippen molar-refractivity contribution in [3.63, 3.8) is 0 Å². The number of nitrogens with one attached hydrogen (secondary N) is 2. The Bertz CT molecular complexity index is 1670. The number of benzene rings is 3. The third-order valence-corrected chi connectivity index (χ3v) is 6.65. The van der Waals surface area contributed by atoms with Crippen LogP contribution in [0.15, 0.2) is 88.4 Å². The van der Waals surface area contributed by atoms with Crippen molar-refractivity contribution >= 4 is 51.1 Å². The molecule has 0 radical (unpaired) electrons. The van der Waals surface area contributed by atoms with E-state index in [1.807, 2.05) is 0 Å². The van der Waals surface area contributed by atoms with Gasteiger partial charge in [-0.15, -0.1) is 4.83 Å². The number of amides is 2. The van der Waals surface area contributed by atoms with E-state index in [1.54, 1.807) is 30.3 Å². The van der Waals surface area contributed by atoms with Gasteiger partial charge in [0.05, 0.1) is 21.1 Å². The maximum absolute atomic E-state index is 13.3. The Hall–Kier alpha value is -5.21. The molecule has 13 nitrogen and oxygen atoms in total. The SMILES string of the molecule is CC(=O)Nc1ccc(S(=O)(=O)NN2C(=O)/C(=C/c3ccc([N+](=O)[O-])cc3)N=C2c2ccccc2)cc1C(=O)O. The van der Waals surface area contributed by atoms with Crippen molar-refractivity contribution in [2.45, 2.75) is 11.8 Å². The van der Waals surface area contributed by atoms with Crippen molar-refractivity contribution in [3.8, 4) is 0 Å². The lowest BCUT2D eigenvalue weighted by molar-refractivity contribution is -0.384. The van der Waals surface area contributed by atoms with Crippen LogP contribution in [-0.4, -0.2) is 47.1 Å². The minimum Gasteiger partial charge on any atom is -0.478 e. The van der Waals surface area contributed by atoms with E-state index in [4.69, 9.17) is 0 Å². The number of hydrogen-bond donors (Lipinski definition) is 3. The highest BCUT2D eigenvalue weighted by Crippen LogP contribution is 2.25. The lowest BCUT2D eigenvalue weighted by Crippen LogP contribution is -2.47. The van der Waals surface area contributed by atoms with Gasteiger partial charge in [0.25, 0.3) is 21.6 Å². The van der Waals surface area contributed by atoms with Crippen molar-refractivity contribution in [1.29, 1.82) is 0 Å². The number of aliphatic imine (C=N–C) groups is 1. The number of carboxylic acid groups (broad SMARTS) is 1. The molecule has 0 aromatic heterocycles. The molecule has 3 aromatic rings. The van der Waals surface area contributed by atoms with Gasteiger partial charge in [-0.1, -0.05) is 30.3 Å². The second-order valence-electron chi connectivity index (χ2n) is 8.11. The number of anilines is 1. The van der Waals surface area contributed by atoms with Gasteiger partial charge in [-0.3, -0.25) is 19.7 Å². The van der Waals surface area contributed by atoms with Gasteiger partial charge in [0.2, 0.25) is 5.91 Å². The van der Waals surface area contributed by atoms with Gasteiger partial charge in [0, 0.05) is 24.6 Å². The van der Waals surface area contributed by atoms with E-state index in [2.05, 4.69) is 15.1 Å². The first-order chi connectivity index (χ1) is 18.5. The molecule has 1 aliphatic heterocycles. The summed E-state index contributed by atoms with van der Waals surface area (Å²) in [7, 11) is -4.53. The first-order valence-corrected chi connectivity index (χ1v) is 12.6. The summed E-state index contributed by atoms with van der Waals surface area (Å²) in [5.41, 5.74) is -0.0828. The Morgan fingerprint density at radius 1 is 1.05 bits per heavy atom. The molecule has 198 valence electrons. The summed E-state index contributed by atoms with van der Waals surface area (Å²) in [6.45, 7) is 1.17. The average molecular weight is 550 g/mol. The van der Waals surface area contributed by atoms with E-state index >= 15 is 0 Å². The number of rotatable bonds is 8. The summed E-state index contributed by atoms with van der Waals surface area (Å²) in [6, 6.07) is 16.6. The van der Waals surface area contributed by atoms with Crippen LogP contribution in [0.1, 0.15) is 28.4 Å². The van der Waals surface area contributed by atoms with Gasteiger partial charge in [-0.05, 0) is 42.0 Å². The number of nitro benzene ring substituents is 1. The van der Waals surface area contributed by atoms with Crippen LogP contribution in [-0.2, 0) is 19.6 Å². The van der Waals surface area contributed by atoms with Crippen molar-refractivity contribution in [2.75, 3.05) is 5.32 Å². The second kappa shape index (κ2) is 10.6. The highest BCUT2D eigenvalue weighted by atomic mass is 32.2. The zero-order valence-corrected chi connectivity index (χ0v) is 20.9. The van der Waals surface area contributed by atoms with E-state index in [0.29, 0.717) is 16.1 Å². The van der Waals surface area contributed by atoms with Gasteiger partial charge < -0.3 is 10.4 Å². The third kappa shape index (κ3) is 5.87. The molecule has 0 saturated heterocycles. The maximum Gasteiger partial charge on any atom is 0.337 e. The van der Waals surface area contributed by atoms with Gasteiger partial charge in [0.1, 0.15) is 5.70 Å². The van der Waals surface area contributed by atoms with Crippen LogP contribution in [0.25, 0.3) is 6.08 Å². The molecule has 0 bridgehead atoms. The first-order valence-electron chi connectivity index (χ1n) is 11.1. The van der Waals surface area contributed by atoms with Crippen LogP contribution in [0.3, 0.4) is 0 Å². The Kier molecular flexibility index (Phi) is 7.33. The number of carboxylic acids is 1. The van der Waals surface area contributed by atoms with E-state index in [-0.39, 0.29) is 22.9 Å². The summed E-state index contributed by atoms with van der Waals surface area (Å²) >= 11 is 0. The van der Waals surface area contributed by atoms with Crippen LogP contribution in [0.4, 0.5) is 11.4 Å². The Labute approximate surface area is 221 Å². The molecule has 0 unspecified atom stereocenters. The summed E-state index contributed by atoms with van der Waals surface area (Å²) in [6.07, 6.45) is 1.34. The summed E-state index contributed by atoms with van der Waals surface area (Å²) < 4.78 is 26.5. The minimum atomic E-state index is -4.53. The summed E-state index contributed by atoms with van der Waals surface area (Å²) in [4.78, 5) is 52.7. The lowest BCUT2D eigenvalue weighted by atomic mass is 10.2. The maximum atomic E-state index is 13.3. The standard InChI is InChI=1S/C25H19N5O8S/c1-15(31)26-21-12-11-19(14-20(21)25(33)34)39(37,38)28-29-23(17-5-3-2-4-6-17)27-22(24(29)32)13-16-7-9-18(10-8-16)30(35)36/h2-14,28H,1H3,(H,26,31)(H,33,34)/b22-13-. The zero-order chi connectivity index (χ0) is 28.3. The van der Waals surface area contributed by atoms with E-state index in [1.165, 1.54) is 37.3 Å². The molecule has 0 atom stereocenters. The number of non-ortho nitro benzene ring substituents is 1. The van der Waals surface area contributed by atoms with E-state index in [0.717, 1.165) is 18.2 Å². The fourth-order valence-electron chi connectivity index (χ4n) is 3.57. The smallest absolute Gasteiger partial charge is 0.337 e. The molecule has 0 aliphatic carbocycles. The molecule has 4 rings (SSSR count). The number of carbonyl (C=O) groups is 3. The van der Waals surface area contributed by atoms with Gasteiger partial charge in [0.15, 0.2) is 5.84 Å². The fraction of sp³-hybridized carbons (Fsp3) is 0.0400. The number of hydrogen-bond acceptors (Lipinski definition) is 8. The monoisotopic (exact) mass is 549 g/mol. The molecule has 39 heavy (non-hydrogen) atoms. The molecule has 1 aliphatic rings. The largest absolute Gasteiger partial charge is 0.478 e. The molecule has 2 amide bonds. The number of carbonyl (C=O) groups excluding carboxylic acids is 2. The second-order valence-corrected chi connectivity index (χ2v) is 9.77. The zero-order valence-electron chi connectivity index (χ0n) is 20.1. The average Bonchev–Trinajstić information content (AvgIpc) is 3.18. The quantitative estimate of drug-likeness (QED) is 0.217. The summed E-state index contributed by atoms with van der Waals surface area (Å²) in [5, 5.41) is 23.5. The molecular formula is C25H19N5O8S. The van der Waals surface area contributed by atoms with Crippen LogP contribution in [0.2, 0.25) is 0 Å². The highest BCUT2D eigenvalue weighted by molar-refractivity contribution is 7.89. The third-order valence-electron chi connectivity index (χ3n) is 5.35. The predicted octanol–water partition coefficient (Wildman–Crippen LogP) is 2.77. The van der Waals surface area contributed by atoms with Crippen LogP contribution < -0.4 is 10.1 Å². The topological polar surface area (TPSA) is 188 Å². The van der Waals surface area contributed by atoms with E-state index < -0.39 is 43.2 Å². The number of nitro groups is 1. The number of hydrazine groups is 1. The number of sulfonamides is 1. The van der Waals surface area contributed by atoms with E-state index in [9.17, 15) is 38.0 Å². The van der Waals surface area contributed by atoms with Crippen molar-refractivity contribution in [1.82, 2.24) is 9.84 Å². The predicted molar refractivity (Wildman–Crippen MR) is 139 cm³/mol. The van der Waals surface area contributed by atoms with Crippen LogP contribution in [0.5, 0.6) is 0 Å². The Balaban J connectivity index is 1.72. The van der Waals surface area contributed by atoms with Crippen molar-refractivity contribution < 1.29 is 32.8 Å². The molecule has 0 saturated carbocycles. The molecule has 14 heteroatoms. The highest BCUT2D eigenvalue weighted by Gasteiger charge is 2.35. The number of amidine groups is 1. The number of nitrogens with zero attached hydrogens (tertiary/aromatic N) is 3.